The van der Waals surface area contributed by atoms with Gasteiger partial charge < -0.3 is 10.6 Å². The van der Waals surface area contributed by atoms with Gasteiger partial charge in [-0.05, 0) is 25.4 Å². The van der Waals surface area contributed by atoms with Crippen LogP contribution in [-0.4, -0.2) is 25.5 Å². The zero-order valence-corrected chi connectivity index (χ0v) is 9.89. The molecule has 1 atom stereocenters. The summed E-state index contributed by atoms with van der Waals surface area (Å²) in [5.74, 6) is 0.738. The lowest BCUT2D eigenvalue weighted by molar-refractivity contribution is -0.124. The molecule has 0 aromatic heterocycles. The van der Waals surface area contributed by atoms with Crippen LogP contribution in [0.4, 0.5) is 0 Å². The molecule has 0 bridgehead atoms. The lowest BCUT2D eigenvalue weighted by Crippen LogP contribution is -2.35. The fourth-order valence-electron chi connectivity index (χ4n) is 1.08. The second kappa shape index (κ2) is 7.80. The predicted molar refractivity (Wildman–Crippen MR) is 60.2 cm³/mol. The molecule has 0 spiro atoms. The molecule has 0 radical (unpaired) electrons. The monoisotopic (exact) mass is 200 g/mol. The number of hydrogen-bond donors (Lipinski definition) is 2. The van der Waals surface area contributed by atoms with E-state index in [4.69, 9.17) is 0 Å². The van der Waals surface area contributed by atoms with Gasteiger partial charge in [0.15, 0.2) is 0 Å². The zero-order valence-electron chi connectivity index (χ0n) is 9.89. The Kier molecular flexibility index (Phi) is 7.48. The van der Waals surface area contributed by atoms with Crippen molar-refractivity contribution in [2.24, 2.45) is 11.8 Å². The maximum Gasteiger partial charge on any atom is 0.222 e. The third-order valence-electron chi connectivity index (χ3n) is 2.07. The summed E-state index contributed by atoms with van der Waals surface area (Å²) in [6.07, 6.45) is 1.16. The smallest absolute Gasteiger partial charge is 0.222 e. The summed E-state index contributed by atoms with van der Waals surface area (Å²) in [5.41, 5.74) is 0. The van der Waals surface area contributed by atoms with E-state index in [1.807, 2.05) is 13.8 Å². The first-order chi connectivity index (χ1) is 6.57. The largest absolute Gasteiger partial charge is 0.356 e. The van der Waals surface area contributed by atoms with Crippen LogP contribution < -0.4 is 10.6 Å². The molecule has 0 saturated heterocycles. The summed E-state index contributed by atoms with van der Waals surface area (Å²) in [5, 5.41) is 6.27. The van der Waals surface area contributed by atoms with Crippen LogP contribution in [-0.2, 0) is 4.79 Å². The van der Waals surface area contributed by atoms with Crippen LogP contribution in [0.3, 0.4) is 0 Å². The molecule has 0 aliphatic rings. The van der Waals surface area contributed by atoms with Crippen LogP contribution in [0.25, 0.3) is 0 Å². The first kappa shape index (κ1) is 13.4. The molecule has 0 aliphatic carbocycles. The molecule has 2 N–H and O–H groups in total. The summed E-state index contributed by atoms with van der Waals surface area (Å²) in [6.45, 7) is 10.9. The third kappa shape index (κ3) is 6.89. The van der Waals surface area contributed by atoms with Gasteiger partial charge >= 0.3 is 0 Å². The van der Waals surface area contributed by atoms with Crippen molar-refractivity contribution >= 4 is 5.91 Å². The first-order valence-corrected chi connectivity index (χ1v) is 5.56. The highest BCUT2D eigenvalue weighted by Gasteiger charge is 2.07. The van der Waals surface area contributed by atoms with E-state index in [9.17, 15) is 4.79 Å². The maximum absolute atomic E-state index is 11.2. The van der Waals surface area contributed by atoms with Gasteiger partial charge in [0.2, 0.25) is 5.91 Å². The molecule has 0 rings (SSSR count). The Bertz CT molecular complexity index is 157. The summed E-state index contributed by atoms with van der Waals surface area (Å²) in [6, 6.07) is 0. The quantitative estimate of drug-likeness (QED) is 0.610. The molecule has 0 aromatic carbocycles. The van der Waals surface area contributed by atoms with E-state index in [1.165, 1.54) is 0 Å². The number of amides is 1. The van der Waals surface area contributed by atoms with Crippen molar-refractivity contribution in [3.63, 3.8) is 0 Å². The number of nitrogens with one attached hydrogen (secondary N) is 2. The van der Waals surface area contributed by atoms with Gasteiger partial charge in [-0.2, -0.15) is 0 Å². The minimum atomic E-state index is 0.0887. The average molecular weight is 200 g/mol. The summed E-state index contributed by atoms with van der Waals surface area (Å²) in [4.78, 5) is 11.2. The molecule has 3 heteroatoms. The molecule has 0 aliphatic heterocycles. The highest BCUT2D eigenvalue weighted by Crippen LogP contribution is 1.94. The highest BCUT2D eigenvalue weighted by molar-refractivity contribution is 5.77. The Morgan fingerprint density at radius 3 is 2.36 bits per heavy atom. The zero-order chi connectivity index (χ0) is 11.0. The van der Waals surface area contributed by atoms with Crippen molar-refractivity contribution in [1.29, 1.82) is 0 Å². The van der Waals surface area contributed by atoms with Crippen LogP contribution in [0.2, 0.25) is 0 Å². The van der Waals surface area contributed by atoms with E-state index in [-0.39, 0.29) is 11.8 Å². The molecular weight excluding hydrogens is 176 g/mol. The maximum atomic E-state index is 11.2. The summed E-state index contributed by atoms with van der Waals surface area (Å²) < 4.78 is 0. The predicted octanol–water partition coefficient (Wildman–Crippen LogP) is 1.39. The number of carbonyl (C=O) groups excluding carboxylic acids is 1. The van der Waals surface area contributed by atoms with E-state index >= 15 is 0 Å². The number of carbonyl (C=O) groups is 1. The lowest BCUT2D eigenvalue weighted by atomic mass is 10.1. The SMILES string of the molecule is CCCNCC(C)CNC(=O)C(C)C. The molecule has 0 heterocycles. The molecule has 14 heavy (non-hydrogen) atoms. The Balaban J connectivity index is 3.43. The molecule has 3 nitrogen and oxygen atoms in total. The van der Waals surface area contributed by atoms with Gasteiger partial charge in [0.05, 0.1) is 0 Å². The van der Waals surface area contributed by atoms with E-state index in [0.29, 0.717) is 5.92 Å². The molecule has 0 saturated carbocycles. The van der Waals surface area contributed by atoms with E-state index in [0.717, 1.165) is 26.1 Å². The molecule has 0 fully saturated rings. The van der Waals surface area contributed by atoms with Crippen LogP contribution in [0.5, 0.6) is 0 Å². The highest BCUT2D eigenvalue weighted by atomic mass is 16.1. The van der Waals surface area contributed by atoms with Crippen molar-refractivity contribution in [2.75, 3.05) is 19.6 Å². The number of hydrogen-bond acceptors (Lipinski definition) is 2. The van der Waals surface area contributed by atoms with Crippen LogP contribution >= 0.6 is 0 Å². The summed E-state index contributed by atoms with van der Waals surface area (Å²) in [7, 11) is 0. The Morgan fingerprint density at radius 1 is 1.21 bits per heavy atom. The van der Waals surface area contributed by atoms with E-state index in [1.54, 1.807) is 0 Å². The van der Waals surface area contributed by atoms with Gasteiger partial charge in [0.1, 0.15) is 0 Å². The fourth-order valence-corrected chi connectivity index (χ4v) is 1.08. The van der Waals surface area contributed by atoms with Gasteiger partial charge in [-0.15, -0.1) is 0 Å². The molecule has 0 aromatic rings. The summed E-state index contributed by atoms with van der Waals surface area (Å²) >= 11 is 0. The van der Waals surface area contributed by atoms with Gasteiger partial charge in [0, 0.05) is 12.5 Å². The van der Waals surface area contributed by atoms with Crippen LogP contribution in [0.15, 0.2) is 0 Å². The Morgan fingerprint density at radius 2 is 1.86 bits per heavy atom. The van der Waals surface area contributed by atoms with Gasteiger partial charge in [-0.25, -0.2) is 0 Å². The standard InChI is InChI=1S/C11H24N2O/c1-5-6-12-7-10(4)8-13-11(14)9(2)3/h9-10,12H,5-8H2,1-4H3,(H,13,14). The molecule has 1 amide bonds. The second-order valence-corrected chi connectivity index (χ2v) is 4.21. The van der Waals surface area contributed by atoms with E-state index in [2.05, 4.69) is 24.5 Å². The van der Waals surface area contributed by atoms with Crippen molar-refractivity contribution in [3.05, 3.63) is 0 Å². The minimum Gasteiger partial charge on any atom is -0.356 e. The Hall–Kier alpha value is -0.570. The molecule has 84 valence electrons. The molecule has 1 unspecified atom stereocenters. The topological polar surface area (TPSA) is 41.1 Å². The van der Waals surface area contributed by atoms with Crippen molar-refractivity contribution < 1.29 is 4.79 Å². The second-order valence-electron chi connectivity index (χ2n) is 4.21. The van der Waals surface area contributed by atoms with Crippen LogP contribution in [0.1, 0.15) is 34.1 Å². The third-order valence-corrected chi connectivity index (χ3v) is 2.07. The van der Waals surface area contributed by atoms with Crippen LogP contribution in [0, 0.1) is 11.8 Å². The molecular formula is C11H24N2O. The fraction of sp³-hybridized carbons (Fsp3) is 0.909. The van der Waals surface area contributed by atoms with Gasteiger partial charge in [0.25, 0.3) is 0 Å². The van der Waals surface area contributed by atoms with Crippen molar-refractivity contribution in [2.45, 2.75) is 34.1 Å². The average Bonchev–Trinajstić information content (AvgIpc) is 2.14. The van der Waals surface area contributed by atoms with Crippen molar-refractivity contribution in [3.8, 4) is 0 Å². The van der Waals surface area contributed by atoms with Gasteiger partial charge in [-0.1, -0.05) is 27.7 Å². The Labute approximate surface area is 87.6 Å². The lowest BCUT2D eigenvalue weighted by Gasteiger charge is -2.14. The van der Waals surface area contributed by atoms with E-state index < -0.39 is 0 Å². The number of rotatable bonds is 7. The minimum absolute atomic E-state index is 0.0887. The normalized spacial score (nSPS) is 12.9. The first-order valence-electron chi connectivity index (χ1n) is 5.56. The van der Waals surface area contributed by atoms with Crippen molar-refractivity contribution in [1.82, 2.24) is 10.6 Å². The van der Waals surface area contributed by atoms with Gasteiger partial charge in [-0.3, -0.25) is 4.79 Å².